The van der Waals surface area contributed by atoms with Gasteiger partial charge in [0.25, 0.3) is 0 Å². The lowest BCUT2D eigenvalue weighted by Crippen LogP contribution is -2.48. The number of alkyl carbamates (subject to hydrolysis) is 1. The van der Waals surface area contributed by atoms with Crippen LogP contribution in [-0.4, -0.2) is 94.6 Å². The molecule has 0 saturated heterocycles. The van der Waals surface area contributed by atoms with Gasteiger partial charge >= 0.3 is 12.1 Å². The fourth-order valence-electron chi connectivity index (χ4n) is 4.05. The van der Waals surface area contributed by atoms with E-state index in [9.17, 15) is 19.5 Å². The summed E-state index contributed by atoms with van der Waals surface area (Å²) in [7, 11) is 0. The Labute approximate surface area is 271 Å². The van der Waals surface area contributed by atoms with E-state index in [1.54, 1.807) is 20.8 Å². The van der Waals surface area contributed by atoms with Crippen LogP contribution in [0.4, 0.5) is 4.79 Å². The van der Waals surface area contributed by atoms with Crippen molar-refractivity contribution in [3.05, 3.63) is 78.4 Å². The Hall–Kier alpha value is -3.97. The Morgan fingerprint density at radius 1 is 0.848 bits per heavy atom. The average molecular weight is 645 g/mol. The van der Waals surface area contributed by atoms with Gasteiger partial charge in [0, 0.05) is 13.0 Å². The molecule has 2 atom stereocenters. The lowest BCUT2D eigenvalue weighted by atomic mass is 9.89. The fraction of sp³-hybridized carbons (Fsp3) is 0.500. The van der Waals surface area contributed by atoms with Crippen LogP contribution in [0, 0.1) is 5.41 Å². The number of carbonyl (C=O) groups excluding carboxylic acids is 2. The van der Waals surface area contributed by atoms with Gasteiger partial charge in [-0.25, -0.2) is 9.59 Å². The van der Waals surface area contributed by atoms with Crippen molar-refractivity contribution in [2.75, 3.05) is 59.4 Å². The van der Waals surface area contributed by atoms with Crippen LogP contribution < -0.4 is 15.4 Å². The lowest BCUT2D eigenvalue weighted by molar-refractivity contribution is -0.159. The Morgan fingerprint density at radius 3 is 2.04 bits per heavy atom. The Bertz CT molecular complexity index is 1170. The zero-order chi connectivity index (χ0) is 33.6. The minimum absolute atomic E-state index is 0.0226. The first-order chi connectivity index (χ1) is 22.1. The zero-order valence-corrected chi connectivity index (χ0v) is 27.0. The maximum atomic E-state index is 12.9. The van der Waals surface area contributed by atoms with E-state index >= 15 is 0 Å². The molecule has 0 aliphatic carbocycles. The first-order valence-corrected chi connectivity index (χ1v) is 15.3. The van der Waals surface area contributed by atoms with Crippen LogP contribution in [0.3, 0.4) is 0 Å². The minimum atomic E-state index is -0.997. The van der Waals surface area contributed by atoms with Crippen molar-refractivity contribution in [3.63, 3.8) is 0 Å². The lowest BCUT2D eigenvalue weighted by Gasteiger charge is -2.26. The van der Waals surface area contributed by atoms with E-state index in [-0.39, 0.29) is 45.3 Å². The maximum absolute atomic E-state index is 12.9. The van der Waals surface area contributed by atoms with Crippen molar-refractivity contribution in [1.29, 1.82) is 0 Å². The van der Waals surface area contributed by atoms with Gasteiger partial charge in [-0.05, 0) is 28.7 Å². The molecule has 2 aromatic rings. The van der Waals surface area contributed by atoms with Gasteiger partial charge in [-0.1, -0.05) is 75.9 Å². The van der Waals surface area contributed by atoms with E-state index in [0.717, 1.165) is 11.1 Å². The summed E-state index contributed by atoms with van der Waals surface area (Å²) in [5, 5.41) is 14.6. The number of nitrogens with one attached hydrogen (secondary N) is 2. The van der Waals surface area contributed by atoms with Crippen molar-refractivity contribution in [2.24, 2.45) is 5.41 Å². The summed E-state index contributed by atoms with van der Waals surface area (Å²) in [4.78, 5) is 36.4. The highest BCUT2D eigenvalue weighted by molar-refractivity contribution is 5.85. The van der Waals surface area contributed by atoms with Crippen LogP contribution in [0.25, 0.3) is 0 Å². The number of amides is 2. The Morgan fingerprint density at radius 2 is 1.46 bits per heavy atom. The summed E-state index contributed by atoms with van der Waals surface area (Å²) in [5.74, 6) is -0.682. The maximum Gasteiger partial charge on any atom is 0.408 e. The summed E-state index contributed by atoms with van der Waals surface area (Å²) < 4.78 is 32.6. The molecule has 2 aromatic carbocycles. The van der Waals surface area contributed by atoms with E-state index in [0.29, 0.717) is 38.8 Å². The third-order valence-corrected chi connectivity index (χ3v) is 6.37. The van der Waals surface area contributed by atoms with Gasteiger partial charge in [0.2, 0.25) is 5.91 Å². The molecule has 12 nitrogen and oxygen atoms in total. The highest BCUT2D eigenvalue weighted by atomic mass is 16.6. The summed E-state index contributed by atoms with van der Waals surface area (Å²) in [6, 6.07) is 16.3. The SMILES string of the molecule is C=CCOC(=O)N[C@@H](Cc1ccc(OCc2ccccc2)cc1)C(=O)NCCOCCOCCOCCOC(C(=O)O)C(C)(C)C. The highest BCUT2D eigenvalue weighted by Crippen LogP contribution is 2.22. The smallest absolute Gasteiger partial charge is 0.408 e. The van der Waals surface area contributed by atoms with Gasteiger partial charge in [-0.15, -0.1) is 0 Å². The number of ether oxygens (including phenoxy) is 6. The molecule has 0 saturated carbocycles. The molecular weight excluding hydrogens is 596 g/mol. The molecule has 0 heterocycles. The van der Waals surface area contributed by atoms with E-state index < -0.39 is 29.6 Å². The van der Waals surface area contributed by atoms with Crippen LogP contribution in [0.2, 0.25) is 0 Å². The molecule has 3 N–H and O–H groups in total. The molecule has 0 bridgehead atoms. The number of carbonyl (C=O) groups is 3. The van der Waals surface area contributed by atoms with Crippen LogP contribution in [-0.2, 0) is 46.3 Å². The predicted octanol–water partition coefficient (Wildman–Crippen LogP) is 3.77. The molecule has 12 heteroatoms. The molecule has 2 amide bonds. The average Bonchev–Trinajstić information content (AvgIpc) is 3.02. The summed E-state index contributed by atoms with van der Waals surface area (Å²) in [5.41, 5.74) is 1.37. The minimum Gasteiger partial charge on any atom is -0.489 e. The number of hydrogen-bond acceptors (Lipinski definition) is 9. The number of rotatable bonds is 23. The van der Waals surface area contributed by atoms with E-state index in [4.69, 9.17) is 28.4 Å². The van der Waals surface area contributed by atoms with Crippen molar-refractivity contribution in [1.82, 2.24) is 10.6 Å². The van der Waals surface area contributed by atoms with Crippen molar-refractivity contribution >= 4 is 18.0 Å². The van der Waals surface area contributed by atoms with Crippen LogP contribution >= 0.6 is 0 Å². The number of hydrogen-bond donors (Lipinski definition) is 3. The van der Waals surface area contributed by atoms with E-state index in [1.807, 2.05) is 54.6 Å². The van der Waals surface area contributed by atoms with Gasteiger partial charge in [0.1, 0.15) is 25.0 Å². The Balaban J connectivity index is 1.64. The van der Waals surface area contributed by atoms with E-state index in [2.05, 4.69) is 17.2 Å². The normalized spacial score (nSPS) is 12.5. The van der Waals surface area contributed by atoms with Gasteiger partial charge in [0.05, 0.1) is 46.2 Å². The van der Waals surface area contributed by atoms with Gasteiger partial charge in [-0.2, -0.15) is 0 Å². The summed E-state index contributed by atoms with van der Waals surface area (Å²) in [6.45, 7) is 11.7. The number of benzene rings is 2. The van der Waals surface area contributed by atoms with Crippen molar-refractivity contribution < 1.29 is 47.9 Å². The quantitative estimate of drug-likeness (QED) is 0.121. The Kier molecular flexibility index (Phi) is 18.0. The van der Waals surface area contributed by atoms with Crippen molar-refractivity contribution in [3.8, 4) is 5.75 Å². The van der Waals surface area contributed by atoms with Crippen LogP contribution in [0.15, 0.2) is 67.3 Å². The molecule has 0 spiro atoms. The van der Waals surface area contributed by atoms with Gasteiger partial charge in [-0.3, -0.25) is 4.79 Å². The second kappa shape index (κ2) is 21.7. The van der Waals surface area contributed by atoms with E-state index in [1.165, 1.54) is 6.08 Å². The standard InChI is InChI=1S/C34H48N2O10/c1-5-16-45-33(40)36-29(24-26-11-13-28(14-12-26)46-25-27-9-7-6-8-10-27)31(37)35-15-17-41-18-19-42-20-21-43-22-23-44-30(32(38)39)34(2,3)4/h5-14,29-30H,1,15-25H2,2-4H3,(H,35,37)(H,36,40)(H,38,39)/t29-,30?/m0/s1. The van der Waals surface area contributed by atoms with Crippen LogP contribution in [0.1, 0.15) is 31.9 Å². The van der Waals surface area contributed by atoms with Gasteiger partial charge in [0.15, 0.2) is 6.10 Å². The molecule has 46 heavy (non-hydrogen) atoms. The first-order valence-electron chi connectivity index (χ1n) is 15.3. The van der Waals surface area contributed by atoms with Crippen molar-refractivity contribution in [2.45, 2.75) is 45.9 Å². The van der Waals surface area contributed by atoms with Gasteiger partial charge < -0.3 is 44.2 Å². The number of aliphatic carboxylic acids is 1. The molecule has 1 unspecified atom stereocenters. The third kappa shape index (κ3) is 16.4. The number of carboxylic acid groups (broad SMARTS) is 1. The summed E-state index contributed by atoms with van der Waals surface area (Å²) >= 11 is 0. The molecule has 2 rings (SSSR count). The monoisotopic (exact) mass is 644 g/mol. The zero-order valence-electron chi connectivity index (χ0n) is 27.0. The third-order valence-electron chi connectivity index (χ3n) is 6.37. The first kappa shape index (κ1) is 38.2. The predicted molar refractivity (Wildman–Crippen MR) is 172 cm³/mol. The molecule has 254 valence electrons. The molecule has 0 aromatic heterocycles. The fourth-order valence-corrected chi connectivity index (χ4v) is 4.05. The van der Waals surface area contributed by atoms with Crippen LogP contribution in [0.5, 0.6) is 5.75 Å². The number of carboxylic acids is 1. The summed E-state index contributed by atoms with van der Waals surface area (Å²) in [6.07, 6.45) is 0.0629. The molecule has 0 aliphatic rings. The second-order valence-corrected chi connectivity index (χ2v) is 11.3. The largest absolute Gasteiger partial charge is 0.489 e. The molecule has 0 fully saturated rings. The molecule has 0 aliphatic heterocycles. The second-order valence-electron chi connectivity index (χ2n) is 11.3. The topological polar surface area (TPSA) is 151 Å². The molecule has 0 radical (unpaired) electrons. The molecular formula is C34H48N2O10. The highest BCUT2D eigenvalue weighted by Gasteiger charge is 2.31.